The van der Waals surface area contributed by atoms with Gasteiger partial charge in [-0.15, -0.1) is 11.3 Å². The third kappa shape index (κ3) is 3.93. The summed E-state index contributed by atoms with van der Waals surface area (Å²) in [5, 5.41) is 5.68. The Kier molecular flexibility index (Phi) is 5.20. The SMILES string of the molecule is CCCCCCc1ccsc1C1=CC(C)=NC(C)N1. The van der Waals surface area contributed by atoms with Crippen LogP contribution >= 0.6 is 11.3 Å². The van der Waals surface area contributed by atoms with Crippen molar-refractivity contribution in [3.8, 4) is 0 Å². The molecule has 0 saturated carbocycles. The molecule has 0 aliphatic carbocycles. The van der Waals surface area contributed by atoms with E-state index in [1.54, 1.807) is 0 Å². The summed E-state index contributed by atoms with van der Waals surface area (Å²) in [6.07, 6.45) is 8.85. The third-order valence-corrected chi connectivity index (χ3v) is 4.40. The lowest BCUT2D eigenvalue weighted by molar-refractivity contribution is 0.664. The normalized spacial score (nSPS) is 18.8. The van der Waals surface area contributed by atoms with E-state index in [4.69, 9.17) is 0 Å². The highest BCUT2D eigenvalue weighted by Crippen LogP contribution is 2.27. The van der Waals surface area contributed by atoms with Gasteiger partial charge in [0.05, 0.1) is 10.6 Å². The first-order valence-corrected chi connectivity index (χ1v) is 8.18. The average Bonchev–Trinajstić information content (AvgIpc) is 2.82. The lowest BCUT2D eigenvalue weighted by atomic mass is 10.1. The molecular formula is C16H24N2S. The average molecular weight is 276 g/mol. The van der Waals surface area contributed by atoms with Crippen molar-refractivity contribution in [2.45, 2.75) is 59.0 Å². The van der Waals surface area contributed by atoms with E-state index in [2.05, 4.69) is 48.6 Å². The Morgan fingerprint density at radius 3 is 2.89 bits per heavy atom. The molecule has 2 heterocycles. The van der Waals surface area contributed by atoms with Crippen molar-refractivity contribution in [3.05, 3.63) is 28.0 Å². The van der Waals surface area contributed by atoms with Crippen LogP contribution in [-0.4, -0.2) is 11.9 Å². The van der Waals surface area contributed by atoms with Gasteiger partial charge in [-0.3, -0.25) is 4.99 Å². The second kappa shape index (κ2) is 6.90. The Bertz CT molecular complexity index is 471. The Morgan fingerprint density at radius 1 is 1.32 bits per heavy atom. The van der Waals surface area contributed by atoms with Crippen molar-refractivity contribution in [1.82, 2.24) is 5.32 Å². The summed E-state index contributed by atoms with van der Waals surface area (Å²) in [6, 6.07) is 2.28. The van der Waals surface area contributed by atoms with Gasteiger partial charge in [-0.2, -0.15) is 0 Å². The zero-order chi connectivity index (χ0) is 13.7. The number of allylic oxidation sites excluding steroid dienone is 1. The van der Waals surface area contributed by atoms with Gasteiger partial charge in [0, 0.05) is 5.71 Å². The predicted molar refractivity (Wildman–Crippen MR) is 85.8 cm³/mol. The molecule has 2 rings (SSSR count). The molecule has 0 fully saturated rings. The topological polar surface area (TPSA) is 24.4 Å². The summed E-state index contributed by atoms with van der Waals surface area (Å²) in [4.78, 5) is 5.89. The number of thiophene rings is 1. The Hall–Kier alpha value is -1.09. The van der Waals surface area contributed by atoms with E-state index in [1.165, 1.54) is 48.2 Å². The molecule has 19 heavy (non-hydrogen) atoms. The minimum absolute atomic E-state index is 0.190. The smallest absolute Gasteiger partial charge is 0.116 e. The van der Waals surface area contributed by atoms with Gasteiger partial charge in [-0.05, 0) is 49.8 Å². The highest BCUT2D eigenvalue weighted by molar-refractivity contribution is 7.11. The first kappa shape index (κ1) is 14.3. The molecule has 1 aliphatic heterocycles. The van der Waals surface area contributed by atoms with Crippen molar-refractivity contribution >= 4 is 22.7 Å². The fourth-order valence-electron chi connectivity index (χ4n) is 2.49. The first-order valence-electron chi connectivity index (χ1n) is 7.30. The molecule has 1 aromatic rings. The van der Waals surface area contributed by atoms with E-state index in [0.29, 0.717) is 0 Å². The Morgan fingerprint density at radius 2 is 2.16 bits per heavy atom. The maximum atomic E-state index is 4.49. The van der Waals surface area contributed by atoms with Crippen molar-refractivity contribution in [1.29, 1.82) is 0 Å². The van der Waals surface area contributed by atoms with Crippen molar-refractivity contribution in [2.75, 3.05) is 0 Å². The molecule has 1 aliphatic rings. The van der Waals surface area contributed by atoms with E-state index in [0.717, 1.165) is 5.71 Å². The lowest BCUT2D eigenvalue weighted by Crippen LogP contribution is -2.27. The van der Waals surface area contributed by atoms with Crippen LogP contribution in [0.25, 0.3) is 5.70 Å². The van der Waals surface area contributed by atoms with Gasteiger partial charge >= 0.3 is 0 Å². The molecule has 1 N–H and O–H groups in total. The van der Waals surface area contributed by atoms with Crippen LogP contribution in [0, 0.1) is 0 Å². The van der Waals surface area contributed by atoms with Gasteiger partial charge in [0.15, 0.2) is 0 Å². The van der Waals surface area contributed by atoms with E-state index >= 15 is 0 Å². The highest BCUT2D eigenvalue weighted by atomic mass is 32.1. The molecule has 1 aromatic heterocycles. The first-order chi connectivity index (χ1) is 9.20. The van der Waals surface area contributed by atoms with Gasteiger partial charge in [0.25, 0.3) is 0 Å². The second-order valence-corrected chi connectivity index (χ2v) is 6.15. The molecule has 0 amide bonds. The van der Waals surface area contributed by atoms with Crippen molar-refractivity contribution in [2.24, 2.45) is 4.99 Å². The van der Waals surface area contributed by atoms with E-state index in [1.807, 2.05) is 11.3 Å². The number of rotatable bonds is 6. The molecule has 1 atom stereocenters. The van der Waals surface area contributed by atoms with Gasteiger partial charge in [-0.1, -0.05) is 26.2 Å². The van der Waals surface area contributed by atoms with Gasteiger partial charge in [-0.25, -0.2) is 0 Å². The number of hydrogen-bond acceptors (Lipinski definition) is 3. The van der Waals surface area contributed by atoms with Crippen LogP contribution in [0.1, 0.15) is 56.9 Å². The van der Waals surface area contributed by atoms with Crippen LogP contribution < -0.4 is 5.32 Å². The molecule has 1 unspecified atom stereocenters. The maximum Gasteiger partial charge on any atom is 0.116 e. The predicted octanol–water partition coefficient (Wildman–Crippen LogP) is 4.62. The van der Waals surface area contributed by atoms with Crippen LogP contribution in [0.2, 0.25) is 0 Å². The molecule has 104 valence electrons. The number of aryl methyl sites for hydroxylation is 1. The quantitative estimate of drug-likeness (QED) is 0.753. The van der Waals surface area contributed by atoms with Gasteiger partial charge in [0.2, 0.25) is 0 Å². The lowest BCUT2D eigenvalue weighted by Gasteiger charge is -2.20. The molecule has 0 bridgehead atoms. The van der Waals surface area contributed by atoms with Crippen LogP contribution in [-0.2, 0) is 6.42 Å². The van der Waals surface area contributed by atoms with E-state index in [-0.39, 0.29) is 6.17 Å². The molecule has 3 heteroatoms. The monoisotopic (exact) mass is 276 g/mol. The molecular weight excluding hydrogens is 252 g/mol. The molecule has 0 radical (unpaired) electrons. The van der Waals surface area contributed by atoms with E-state index < -0.39 is 0 Å². The summed E-state index contributed by atoms with van der Waals surface area (Å²) in [6.45, 7) is 6.44. The summed E-state index contributed by atoms with van der Waals surface area (Å²) in [5.74, 6) is 0. The fraction of sp³-hybridized carbons (Fsp3) is 0.562. The minimum atomic E-state index is 0.190. The molecule has 2 nitrogen and oxygen atoms in total. The van der Waals surface area contributed by atoms with Crippen molar-refractivity contribution in [3.63, 3.8) is 0 Å². The summed E-state index contributed by atoms with van der Waals surface area (Å²) < 4.78 is 0. The van der Waals surface area contributed by atoms with Crippen molar-refractivity contribution < 1.29 is 0 Å². The van der Waals surface area contributed by atoms with Crippen LogP contribution in [0.4, 0.5) is 0 Å². The number of nitrogens with zero attached hydrogens (tertiary/aromatic N) is 1. The third-order valence-electron chi connectivity index (χ3n) is 3.41. The Labute approximate surface area is 120 Å². The molecule has 0 spiro atoms. The number of unbranched alkanes of at least 4 members (excludes halogenated alkanes) is 3. The largest absolute Gasteiger partial charge is 0.363 e. The zero-order valence-electron chi connectivity index (χ0n) is 12.2. The molecule has 0 saturated heterocycles. The number of aliphatic imine (C=N–C) groups is 1. The summed E-state index contributed by atoms with van der Waals surface area (Å²) in [5.41, 5.74) is 3.86. The summed E-state index contributed by atoms with van der Waals surface area (Å²) in [7, 11) is 0. The van der Waals surface area contributed by atoms with Gasteiger partial charge in [0.1, 0.15) is 6.17 Å². The van der Waals surface area contributed by atoms with Gasteiger partial charge < -0.3 is 5.32 Å². The standard InChI is InChI=1S/C16H24N2S/c1-4-5-6-7-8-14-9-10-19-16(14)15-11-12(2)17-13(3)18-15/h9-11,13,18H,4-8H2,1-3H3. The highest BCUT2D eigenvalue weighted by Gasteiger charge is 2.14. The molecule has 0 aromatic carbocycles. The minimum Gasteiger partial charge on any atom is -0.363 e. The van der Waals surface area contributed by atoms with Crippen LogP contribution in [0.5, 0.6) is 0 Å². The number of hydrogen-bond donors (Lipinski definition) is 1. The fourth-order valence-corrected chi connectivity index (χ4v) is 3.43. The van der Waals surface area contributed by atoms with Crippen LogP contribution in [0.15, 0.2) is 22.5 Å². The zero-order valence-corrected chi connectivity index (χ0v) is 13.0. The maximum absolute atomic E-state index is 4.49. The Balaban J connectivity index is 2.05. The van der Waals surface area contributed by atoms with Crippen LogP contribution in [0.3, 0.4) is 0 Å². The second-order valence-electron chi connectivity index (χ2n) is 5.23. The number of nitrogens with one attached hydrogen (secondary N) is 1. The summed E-state index contributed by atoms with van der Waals surface area (Å²) >= 11 is 1.84. The van der Waals surface area contributed by atoms with E-state index in [9.17, 15) is 0 Å².